The molecule has 0 N–H and O–H groups in total. The summed E-state index contributed by atoms with van der Waals surface area (Å²) >= 11 is 0. The molecule has 2 rings (SSSR count). The molecule has 0 amide bonds. The Kier molecular flexibility index (Phi) is 7.16. The van der Waals surface area contributed by atoms with Crippen LogP contribution in [0.1, 0.15) is 0 Å². The number of benzene rings is 2. The smallest absolute Gasteiger partial charge is 0.118 e. The molecule has 4 heteroatoms. The lowest BCUT2D eigenvalue weighted by molar-refractivity contribution is 0.415. The van der Waals surface area contributed by atoms with Gasteiger partial charge in [0.15, 0.2) is 0 Å². The van der Waals surface area contributed by atoms with Gasteiger partial charge in [0.2, 0.25) is 0 Å². The van der Waals surface area contributed by atoms with E-state index < -0.39 is 0 Å². The fourth-order valence-electron chi connectivity index (χ4n) is 1.41. The van der Waals surface area contributed by atoms with Gasteiger partial charge in [0.05, 0.1) is 7.11 Å². The van der Waals surface area contributed by atoms with Crippen molar-refractivity contribution in [3.05, 3.63) is 54.6 Å². The third kappa shape index (κ3) is 4.13. The molecule has 17 heavy (non-hydrogen) atoms. The summed E-state index contributed by atoms with van der Waals surface area (Å²) in [7, 11) is 1.68. The predicted molar refractivity (Wildman–Crippen MR) is 69.1 cm³/mol. The summed E-state index contributed by atoms with van der Waals surface area (Å²) in [6.07, 6.45) is 0. The van der Waals surface area contributed by atoms with E-state index in [-0.39, 0.29) is 12.4 Å². The molecule has 0 aliphatic heterocycles. The normalized spacial score (nSPS) is 8.18. The first-order valence-electron chi connectivity index (χ1n) is 4.79. The van der Waals surface area contributed by atoms with Crippen LogP contribution >= 0.6 is 12.4 Å². The molecule has 0 bridgehead atoms. The fourth-order valence-corrected chi connectivity index (χ4v) is 1.41. The average molecular weight is 249 g/mol. The lowest BCUT2D eigenvalue weighted by Crippen LogP contribution is -1.82. The first-order valence-corrected chi connectivity index (χ1v) is 4.79. The van der Waals surface area contributed by atoms with Gasteiger partial charge in [-0.1, -0.05) is 42.5 Å². The standard InChI is InChI=1S/C13H12O.ClH.N2/c1-14-13-9-7-12(8-10-13)11-5-3-2-4-6-11;;1-2/h2-10H,1H3;1H;. The number of hydrogen-bond acceptors (Lipinski definition) is 3. The van der Waals surface area contributed by atoms with Crippen molar-refractivity contribution < 1.29 is 4.74 Å². The van der Waals surface area contributed by atoms with Gasteiger partial charge in [-0.15, -0.1) is 12.4 Å². The molecule has 3 nitrogen and oxygen atoms in total. The molecule has 0 unspecified atom stereocenters. The largest absolute Gasteiger partial charge is 0.497 e. The SMILES string of the molecule is COc1ccc(-c2ccccc2)cc1.Cl.N#N. The summed E-state index contributed by atoms with van der Waals surface area (Å²) in [6, 6.07) is 18.4. The Morgan fingerprint density at radius 3 is 1.71 bits per heavy atom. The van der Waals surface area contributed by atoms with Crippen molar-refractivity contribution in [3.63, 3.8) is 0 Å². The van der Waals surface area contributed by atoms with E-state index in [1.54, 1.807) is 7.11 Å². The minimum Gasteiger partial charge on any atom is -0.497 e. The molecule has 88 valence electrons. The maximum absolute atomic E-state index is 6.00. The Morgan fingerprint density at radius 1 is 0.765 bits per heavy atom. The van der Waals surface area contributed by atoms with Crippen molar-refractivity contribution >= 4 is 12.4 Å². The number of methoxy groups -OCH3 is 1. The third-order valence-corrected chi connectivity index (χ3v) is 2.20. The van der Waals surface area contributed by atoms with Gasteiger partial charge < -0.3 is 4.74 Å². The van der Waals surface area contributed by atoms with Crippen molar-refractivity contribution in [2.24, 2.45) is 0 Å². The average Bonchev–Trinajstić information content (AvgIpc) is 2.42. The number of ether oxygens (including phenoxy) is 1. The second-order valence-corrected chi connectivity index (χ2v) is 3.09. The Labute approximate surface area is 107 Å². The molecular formula is C13H13ClN2O. The van der Waals surface area contributed by atoms with E-state index in [0.717, 1.165) is 5.75 Å². The second-order valence-electron chi connectivity index (χ2n) is 3.09. The fraction of sp³-hybridized carbons (Fsp3) is 0.0769. The van der Waals surface area contributed by atoms with Crippen molar-refractivity contribution in [1.29, 1.82) is 10.8 Å². The van der Waals surface area contributed by atoms with Crippen LogP contribution in [0.5, 0.6) is 5.75 Å². The van der Waals surface area contributed by atoms with Gasteiger partial charge >= 0.3 is 0 Å². The van der Waals surface area contributed by atoms with Crippen LogP contribution < -0.4 is 4.74 Å². The first-order chi connectivity index (χ1) is 7.90. The van der Waals surface area contributed by atoms with Gasteiger partial charge in [-0.25, -0.2) is 0 Å². The van der Waals surface area contributed by atoms with Gasteiger partial charge in [-0.2, -0.15) is 0 Å². The molecule has 0 fully saturated rings. The Morgan fingerprint density at radius 2 is 1.24 bits per heavy atom. The van der Waals surface area contributed by atoms with Crippen LogP contribution in [0.15, 0.2) is 54.6 Å². The predicted octanol–water partition coefficient (Wildman–Crippen LogP) is 3.81. The van der Waals surface area contributed by atoms with E-state index >= 15 is 0 Å². The third-order valence-electron chi connectivity index (χ3n) is 2.20. The summed E-state index contributed by atoms with van der Waals surface area (Å²) in [5.74, 6) is 0.893. The van der Waals surface area contributed by atoms with E-state index in [1.807, 2.05) is 30.3 Å². The highest BCUT2D eigenvalue weighted by Crippen LogP contribution is 2.21. The Balaban J connectivity index is 0.000000811. The molecule has 0 aliphatic carbocycles. The minimum atomic E-state index is 0. The zero-order valence-corrected chi connectivity index (χ0v) is 10.2. The molecule has 0 spiro atoms. The highest BCUT2D eigenvalue weighted by Gasteiger charge is 1.95. The summed E-state index contributed by atoms with van der Waals surface area (Å²) in [5, 5.41) is 12.0. The maximum atomic E-state index is 6.00. The van der Waals surface area contributed by atoms with Gasteiger partial charge in [-0.3, -0.25) is 0 Å². The molecule has 0 saturated heterocycles. The molecule has 0 radical (unpaired) electrons. The lowest BCUT2D eigenvalue weighted by atomic mass is 10.1. The summed E-state index contributed by atoms with van der Waals surface area (Å²) in [5.41, 5.74) is 2.45. The van der Waals surface area contributed by atoms with Crippen LogP contribution in [0, 0.1) is 10.8 Å². The second kappa shape index (κ2) is 8.14. The number of hydrogen-bond donors (Lipinski definition) is 0. The summed E-state index contributed by atoms with van der Waals surface area (Å²) in [6.45, 7) is 0. The Bertz CT molecular complexity index is 440. The monoisotopic (exact) mass is 248 g/mol. The molecule has 0 saturated carbocycles. The van der Waals surface area contributed by atoms with Crippen LogP contribution in [0.3, 0.4) is 0 Å². The molecule has 2 aromatic carbocycles. The summed E-state index contributed by atoms with van der Waals surface area (Å²) < 4.78 is 5.11. The first kappa shape index (κ1) is 14.9. The van der Waals surface area contributed by atoms with Gasteiger partial charge in [0, 0.05) is 10.8 Å². The van der Waals surface area contributed by atoms with Crippen LogP contribution in [-0.4, -0.2) is 7.11 Å². The van der Waals surface area contributed by atoms with E-state index in [2.05, 4.69) is 24.3 Å². The van der Waals surface area contributed by atoms with Gasteiger partial charge in [0.1, 0.15) is 5.75 Å². The molecule has 0 heterocycles. The molecule has 0 aliphatic rings. The van der Waals surface area contributed by atoms with Crippen molar-refractivity contribution in [2.75, 3.05) is 7.11 Å². The number of nitrogens with zero attached hydrogens (tertiary/aromatic N) is 2. The molecule has 0 atom stereocenters. The van der Waals surface area contributed by atoms with Crippen molar-refractivity contribution in [3.8, 4) is 16.9 Å². The van der Waals surface area contributed by atoms with E-state index in [0.29, 0.717) is 0 Å². The van der Waals surface area contributed by atoms with Crippen LogP contribution in [0.25, 0.3) is 11.1 Å². The molecule has 2 aromatic rings. The zero-order chi connectivity index (χ0) is 11.8. The van der Waals surface area contributed by atoms with Crippen LogP contribution in [0.4, 0.5) is 0 Å². The minimum absolute atomic E-state index is 0. The van der Waals surface area contributed by atoms with E-state index in [1.165, 1.54) is 11.1 Å². The topological polar surface area (TPSA) is 56.8 Å². The van der Waals surface area contributed by atoms with Crippen molar-refractivity contribution in [1.82, 2.24) is 0 Å². The maximum Gasteiger partial charge on any atom is 0.118 e. The Hall–Kier alpha value is -2.05. The van der Waals surface area contributed by atoms with Crippen LogP contribution in [-0.2, 0) is 0 Å². The highest BCUT2D eigenvalue weighted by molar-refractivity contribution is 5.85. The zero-order valence-electron chi connectivity index (χ0n) is 9.41. The van der Waals surface area contributed by atoms with Crippen molar-refractivity contribution in [2.45, 2.75) is 0 Å². The summed E-state index contributed by atoms with van der Waals surface area (Å²) in [4.78, 5) is 0. The quantitative estimate of drug-likeness (QED) is 0.760. The number of rotatable bonds is 2. The van der Waals surface area contributed by atoms with Crippen LogP contribution in [0.2, 0.25) is 0 Å². The van der Waals surface area contributed by atoms with E-state index in [9.17, 15) is 0 Å². The van der Waals surface area contributed by atoms with Gasteiger partial charge in [-0.05, 0) is 23.3 Å². The molecule has 0 aromatic heterocycles. The van der Waals surface area contributed by atoms with E-state index in [4.69, 9.17) is 15.5 Å². The highest BCUT2D eigenvalue weighted by atomic mass is 35.5. The number of halogens is 1. The lowest BCUT2D eigenvalue weighted by Gasteiger charge is -2.02. The molecular weight excluding hydrogens is 236 g/mol. The van der Waals surface area contributed by atoms with Gasteiger partial charge in [0.25, 0.3) is 0 Å².